The lowest BCUT2D eigenvalue weighted by molar-refractivity contribution is -0.00213. The topological polar surface area (TPSA) is 29.5 Å². The fraction of sp³-hybridized carbons (Fsp3) is 0.727. The lowest BCUT2D eigenvalue weighted by atomic mass is 10.2. The fourth-order valence-corrected chi connectivity index (χ4v) is 1.48. The van der Waals surface area contributed by atoms with Crippen LogP contribution in [0.25, 0.3) is 0 Å². The number of halogens is 2. The summed E-state index contributed by atoms with van der Waals surface area (Å²) >= 11 is 0. The quantitative estimate of drug-likeness (QED) is 0.598. The molecule has 1 fully saturated rings. The number of carbonyl (C=O) groups excluding carboxylic acids is 1. The van der Waals surface area contributed by atoms with E-state index in [0.717, 1.165) is 4.90 Å². The highest BCUT2D eigenvalue weighted by Crippen LogP contribution is 2.32. The highest BCUT2D eigenvalue weighted by atomic mass is 19.3. The van der Waals surface area contributed by atoms with Crippen LogP contribution in [-0.2, 0) is 4.74 Å². The molecule has 0 unspecified atom stereocenters. The van der Waals surface area contributed by atoms with Gasteiger partial charge >= 0.3 is 6.09 Å². The molecule has 0 aliphatic carbocycles. The maximum atomic E-state index is 13.1. The monoisotopic (exact) mass is 231 g/mol. The van der Waals surface area contributed by atoms with Crippen LogP contribution in [0.2, 0.25) is 0 Å². The Morgan fingerprint density at radius 1 is 1.56 bits per heavy atom. The van der Waals surface area contributed by atoms with Gasteiger partial charge in [0.25, 0.3) is 5.92 Å². The molecule has 0 radical (unpaired) electrons. The highest BCUT2D eigenvalue weighted by Gasteiger charge is 2.47. The maximum absolute atomic E-state index is 13.1. The number of likely N-dealkylation sites (tertiary alicyclic amines) is 1. The predicted octanol–water partition coefficient (Wildman–Crippen LogP) is 2.26. The first kappa shape index (κ1) is 12.8. The molecule has 16 heavy (non-hydrogen) atoms. The number of hydrogen-bond donors (Lipinski definition) is 0. The third kappa shape index (κ3) is 3.09. The van der Waals surface area contributed by atoms with E-state index in [0.29, 0.717) is 0 Å². The summed E-state index contributed by atoms with van der Waals surface area (Å²) < 4.78 is 31.2. The molecule has 0 spiro atoms. The first-order chi connectivity index (χ1) is 7.14. The van der Waals surface area contributed by atoms with Gasteiger partial charge in [0.2, 0.25) is 0 Å². The number of terminal acetylenes is 1. The van der Waals surface area contributed by atoms with E-state index in [4.69, 9.17) is 11.2 Å². The number of ether oxygens (including phenoxy) is 1. The van der Waals surface area contributed by atoms with Crippen molar-refractivity contribution in [2.45, 2.75) is 44.8 Å². The third-order valence-electron chi connectivity index (χ3n) is 2.09. The van der Waals surface area contributed by atoms with Crippen molar-refractivity contribution in [3.63, 3.8) is 0 Å². The lowest BCUT2D eigenvalue weighted by Crippen LogP contribution is -2.40. The summed E-state index contributed by atoms with van der Waals surface area (Å²) in [5.74, 6) is -0.741. The summed E-state index contributed by atoms with van der Waals surface area (Å²) in [5.41, 5.74) is -0.714. The molecule has 0 aromatic rings. The number of alkyl halides is 2. The van der Waals surface area contributed by atoms with Gasteiger partial charge < -0.3 is 4.74 Å². The molecule has 90 valence electrons. The van der Waals surface area contributed by atoms with Gasteiger partial charge in [0, 0.05) is 6.42 Å². The van der Waals surface area contributed by atoms with Gasteiger partial charge in [0.1, 0.15) is 11.6 Å². The van der Waals surface area contributed by atoms with E-state index in [2.05, 4.69) is 5.92 Å². The Kier molecular flexibility index (Phi) is 3.13. The lowest BCUT2D eigenvalue weighted by Gasteiger charge is -2.26. The van der Waals surface area contributed by atoms with Crippen LogP contribution in [0.5, 0.6) is 0 Å². The minimum Gasteiger partial charge on any atom is -0.444 e. The summed E-state index contributed by atoms with van der Waals surface area (Å²) in [4.78, 5) is 12.5. The first-order valence-electron chi connectivity index (χ1n) is 4.98. The van der Waals surface area contributed by atoms with E-state index >= 15 is 0 Å². The Hall–Kier alpha value is -1.31. The summed E-state index contributed by atoms with van der Waals surface area (Å²) in [6.45, 7) is 4.34. The minimum absolute atomic E-state index is 0.497. The molecule has 5 heteroatoms. The second-order valence-electron chi connectivity index (χ2n) is 4.85. The first-order valence-corrected chi connectivity index (χ1v) is 4.98. The molecule has 1 saturated heterocycles. The van der Waals surface area contributed by atoms with E-state index in [-0.39, 0.29) is 0 Å². The zero-order chi connectivity index (χ0) is 12.6. The SMILES string of the molecule is C#C[C@@H]1CC(F)(F)CN1C(=O)OC(C)(C)C. The van der Waals surface area contributed by atoms with Crippen LogP contribution in [0.1, 0.15) is 27.2 Å². The average molecular weight is 231 g/mol. The normalized spacial score (nSPS) is 24.0. The molecule has 3 nitrogen and oxygen atoms in total. The third-order valence-corrected chi connectivity index (χ3v) is 2.09. The number of carbonyl (C=O) groups is 1. The molecule has 0 saturated carbocycles. The van der Waals surface area contributed by atoms with Crippen molar-refractivity contribution >= 4 is 6.09 Å². The number of hydrogen-bond acceptors (Lipinski definition) is 2. The Balaban J connectivity index is 2.74. The van der Waals surface area contributed by atoms with Gasteiger partial charge in [-0.3, -0.25) is 4.90 Å². The zero-order valence-corrected chi connectivity index (χ0v) is 9.59. The van der Waals surface area contributed by atoms with E-state index in [1.165, 1.54) is 0 Å². The van der Waals surface area contributed by atoms with Gasteiger partial charge in [-0.25, -0.2) is 13.6 Å². The molecule has 1 aliphatic heterocycles. The second kappa shape index (κ2) is 3.93. The van der Waals surface area contributed by atoms with Crippen LogP contribution in [0.15, 0.2) is 0 Å². The molecular weight excluding hydrogens is 216 g/mol. The van der Waals surface area contributed by atoms with Crippen molar-refractivity contribution in [1.29, 1.82) is 0 Å². The van der Waals surface area contributed by atoms with Gasteiger partial charge in [0.05, 0.1) is 6.54 Å². The van der Waals surface area contributed by atoms with Crippen LogP contribution < -0.4 is 0 Å². The van der Waals surface area contributed by atoms with E-state index in [9.17, 15) is 13.6 Å². The Labute approximate surface area is 93.7 Å². The Morgan fingerprint density at radius 2 is 2.12 bits per heavy atom. The average Bonchev–Trinajstić information content (AvgIpc) is 2.38. The maximum Gasteiger partial charge on any atom is 0.411 e. The molecule has 0 bridgehead atoms. The van der Waals surface area contributed by atoms with E-state index < -0.39 is 36.6 Å². The van der Waals surface area contributed by atoms with E-state index in [1.807, 2.05) is 0 Å². The van der Waals surface area contributed by atoms with Gasteiger partial charge in [-0.15, -0.1) is 6.42 Å². The molecule has 1 rings (SSSR count). The van der Waals surface area contributed by atoms with Crippen LogP contribution in [0, 0.1) is 12.3 Å². The highest BCUT2D eigenvalue weighted by molar-refractivity contribution is 5.69. The smallest absolute Gasteiger partial charge is 0.411 e. The summed E-state index contributed by atoms with van der Waals surface area (Å²) in [7, 11) is 0. The van der Waals surface area contributed by atoms with Gasteiger partial charge in [-0.1, -0.05) is 5.92 Å². The number of rotatable bonds is 0. The van der Waals surface area contributed by atoms with Crippen LogP contribution >= 0.6 is 0 Å². The van der Waals surface area contributed by atoms with Crippen molar-refractivity contribution in [2.75, 3.05) is 6.54 Å². The van der Waals surface area contributed by atoms with Gasteiger partial charge in [0.15, 0.2) is 0 Å². The second-order valence-corrected chi connectivity index (χ2v) is 4.85. The minimum atomic E-state index is -2.92. The number of amides is 1. The van der Waals surface area contributed by atoms with Crippen molar-refractivity contribution in [3.05, 3.63) is 0 Å². The van der Waals surface area contributed by atoms with Crippen LogP contribution in [0.3, 0.4) is 0 Å². The summed E-state index contributed by atoms with van der Waals surface area (Å²) in [6, 6.07) is -0.884. The standard InChI is InChI=1S/C11H15F2NO2/c1-5-8-6-11(12,13)7-14(8)9(15)16-10(2,3)4/h1,8H,6-7H2,2-4H3/t8-/m1/s1. The van der Waals surface area contributed by atoms with Gasteiger partial charge in [-0.2, -0.15) is 0 Å². The van der Waals surface area contributed by atoms with Gasteiger partial charge in [-0.05, 0) is 20.8 Å². The summed E-state index contributed by atoms with van der Waals surface area (Å²) in [6.07, 6.45) is 3.83. The molecule has 1 atom stereocenters. The van der Waals surface area contributed by atoms with Crippen molar-refractivity contribution in [3.8, 4) is 12.3 Å². The molecule has 0 aromatic heterocycles. The molecule has 1 aliphatic rings. The largest absolute Gasteiger partial charge is 0.444 e. The number of nitrogens with zero attached hydrogens (tertiary/aromatic N) is 1. The van der Waals surface area contributed by atoms with Crippen LogP contribution in [-0.4, -0.2) is 35.1 Å². The summed E-state index contributed by atoms with van der Waals surface area (Å²) in [5, 5.41) is 0. The fourth-order valence-electron chi connectivity index (χ4n) is 1.48. The van der Waals surface area contributed by atoms with E-state index in [1.54, 1.807) is 20.8 Å². The molecule has 1 amide bonds. The van der Waals surface area contributed by atoms with Crippen molar-refractivity contribution in [1.82, 2.24) is 4.90 Å². The molecule has 1 heterocycles. The van der Waals surface area contributed by atoms with Crippen LogP contribution in [0.4, 0.5) is 13.6 Å². The Bertz CT molecular complexity index is 328. The molecular formula is C11H15F2NO2. The predicted molar refractivity (Wildman–Crippen MR) is 55.1 cm³/mol. The van der Waals surface area contributed by atoms with Crippen molar-refractivity contribution in [2.24, 2.45) is 0 Å². The molecule has 0 aromatic carbocycles. The van der Waals surface area contributed by atoms with Crippen molar-refractivity contribution < 1.29 is 18.3 Å². The molecule has 0 N–H and O–H groups in total. The Morgan fingerprint density at radius 3 is 2.56 bits per heavy atom. The zero-order valence-electron chi connectivity index (χ0n) is 9.59.